The number of esters is 1. The van der Waals surface area contributed by atoms with Crippen LogP contribution in [0.15, 0.2) is 47.4 Å². The highest BCUT2D eigenvalue weighted by atomic mass is 35.5. The Morgan fingerprint density at radius 1 is 1.10 bits per heavy atom. The lowest BCUT2D eigenvalue weighted by Gasteiger charge is -2.31. The Bertz CT molecular complexity index is 1010. The van der Waals surface area contributed by atoms with E-state index >= 15 is 0 Å². The first-order chi connectivity index (χ1) is 13.6. The third-order valence-electron chi connectivity index (χ3n) is 4.01. The van der Waals surface area contributed by atoms with Crippen molar-refractivity contribution in [2.75, 3.05) is 11.4 Å². The predicted molar refractivity (Wildman–Crippen MR) is 121 cm³/mol. The molecule has 0 unspecified atom stereocenters. The second-order valence-electron chi connectivity index (χ2n) is 6.20. The van der Waals surface area contributed by atoms with Gasteiger partial charge in [0.2, 0.25) is 0 Å². The normalized spacial score (nSPS) is 12.3. The number of thiocarbonyl (C=S) groups is 1. The summed E-state index contributed by atoms with van der Waals surface area (Å²) in [6.45, 7) is 1.67. The Balaban J connectivity index is 2.51. The van der Waals surface area contributed by atoms with Gasteiger partial charge in [-0.3, -0.25) is 9.10 Å². The minimum absolute atomic E-state index is 0.0312. The van der Waals surface area contributed by atoms with Gasteiger partial charge >= 0.3 is 5.97 Å². The first-order valence-corrected chi connectivity index (χ1v) is 11.4. The fourth-order valence-corrected chi connectivity index (χ4v) is 5.27. The molecular weight excluding hydrogens is 477 g/mol. The molecule has 0 saturated heterocycles. The van der Waals surface area contributed by atoms with Crippen LogP contribution in [-0.4, -0.2) is 32.4 Å². The average Bonchev–Trinajstić information content (AvgIpc) is 2.64. The van der Waals surface area contributed by atoms with Crippen LogP contribution in [0.5, 0.6) is 0 Å². The van der Waals surface area contributed by atoms with Gasteiger partial charge in [-0.2, -0.15) is 0 Å². The van der Waals surface area contributed by atoms with Gasteiger partial charge in [0.25, 0.3) is 10.0 Å². The maximum Gasteiger partial charge on any atom is 0.310 e. The van der Waals surface area contributed by atoms with E-state index in [1.165, 1.54) is 43.5 Å². The fraction of sp³-hybridized carbons (Fsp3) is 0.263. The van der Waals surface area contributed by atoms with Crippen molar-refractivity contribution in [2.24, 2.45) is 0 Å². The predicted octanol–water partition coefficient (Wildman–Crippen LogP) is 5.55. The second kappa shape index (κ2) is 10.1. The van der Waals surface area contributed by atoms with E-state index < -0.39 is 22.0 Å². The summed E-state index contributed by atoms with van der Waals surface area (Å²) < 4.78 is 32.7. The number of benzene rings is 2. The third kappa shape index (κ3) is 6.06. The molecule has 0 aliphatic heterocycles. The molecule has 0 aliphatic carbocycles. The fourth-order valence-electron chi connectivity index (χ4n) is 2.70. The Labute approximate surface area is 190 Å². The van der Waals surface area contributed by atoms with Gasteiger partial charge in [-0.25, -0.2) is 8.42 Å². The molecule has 0 aliphatic rings. The number of anilines is 1. The Kier molecular flexibility index (Phi) is 8.31. The molecule has 1 atom stereocenters. The van der Waals surface area contributed by atoms with Crippen LogP contribution in [0, 0.1) is 0 Å². The van der Waals surface area contributed by atoms with E-state index in [4.69, 9.17) is 47.0 Å². The van der Waals surface area contributed by atoms with E-state index in [2.05, 4.69) is 4.74 Å². The van der Waals surface area contributed by atoms with E-state index in [0.717, 1.165) is 4.31 Å². The molecule has 10 heteroatoms. The number of sulfonamides is 1. The minimum Gasteiger partial charge on any atom is -0.469 e. The maximum atomic E-state index is 13.5. The van der Waals surface area contributed by atoms with Crippen LogP contribution in [0.1, 0.15) is 19.8 Å². The Morgan fingerprint density at radius 2 is 1.69 bits per heavy atom. The summed E-state index contributed by atoms with van der Waals surface area (Å²) >= 11 is 23.5. The Hall–Kier alpha value is -1.38. The molecule has 5 nitrogen and oxygen atoms in total. The van der Waals surface area contributed by atoms with Crippen LogP contribution in [-0.2, 0) is 19.6 Å². The smallest absolute Gasteiger partial charge is 0.310 e. The molecule has 0 heterocycles. The monoisotopic (exact) mass is 493 g/mol. The summed E-state index contributed by atoms with van der Waals surface area (Å²) in [6, 6.07) is 9.68. The number of hydrogen-bond acceptors (Lipinski definition) is 5. The average molecular weight is 495 g/mol. The first-order valence-electron chi connectivity index (χ1n) is 8.40. The van der Waals surface area contributed by atoms with E-state index in [-0.39, 0.29) is 28.4 Å². The van der Waals surface area contributed by atoms with Crippen LogP contribution >= 0.6 is 47.0 Å². The summed E-state index contributed by atoms with van der Waals surface area (Å²) in [7, 11) is -2.77. The van der Waals surface area contributed by atoms with Gasteiger partial charge in [0.05, 0.1) is 29.1 Å². The molecule has 0 amide bonds. The number of nitrogens with zero attached hydrogens (tertiary/aromatic N) is 1. The SMILES string of the molecule is COC(=O)CC(=S)C[C@@H](C)N(c1cc(Cl)ccc1Cl)S(=O)(=O)c1ccc(Cl)cc1. The lowest BCUT2D eigenvalue weighted by molar-refractivity contribution is -0.139. The minimum atomic E-state index is -4.03. The molecule has 2 aromatic carbocycles. The maximum absolute atomic E-state index is 13.5. The molecular formula is C19H18Cl3NO4S2. The molecule has 0 bridgehead atoms. The summed E-state index contributed by atoms with van der Waals surface area (Å²) in [4.78, 5) is 11.9. The standard InChI is InChI=1S/C19H18Cl3NO4S2/c1-12(9-15(28)11-19(24)27-2)23(18-10-14(21)5-8-17(18)22)29(25,26)16-6-3-13(20)4-7-16/h3-8,10,12H,9,11H2,1-2H3/t12-/m1/s1. The van der Waals surface area contributed by atoms with Crippen LogP contribution in [0.25, 0.3) is 0 Å². The molecule has 0 spiro atoms. The third-order valence-corrected chi connectivity index (χ3v) is 7.07. The van der Waals surface area contributed by atoms with Crippen LogP contribution in [0.3, 0.4) is 0 Å². The Morgan fingerprint density at radius 3 is 2.28 bits per heavy atom. The zero-order chi connectivity index (χ0) is 21.8. The lowest BCUT2D eigenvalue weighted by atomic mass is 10.1. The molecule has 156 valence electrons. The number of ether oxygens (including phenoxy) is 1. The van der Waals surface area contributed by atoms with Crippen molar-refractivity contribution in [3.8, 4) is 0 Å². The van der Waals surface area contributed by atoms with Crippen molar-refractivity contribution in [3.05, 3.63) is 57.5 Å². The summed E-state index contributed by atoms with van der Waals surface area (Å²) in [5, 5.41) is 0.936. The van der Waals surface area contributed by atoms with Crippen LogP contribution < -0.4 is 4.31 Å². The van der Waals surface area contributed by atoms with Crippen molar-refractivity contribution >= 4 is 73.6 Å². The van der Waals surface area contributed by atoms with Gasteiger partial charge in [-0.1, -0.05) is 47.0 Å². The molecule has 2 aromatic rings. The largest absolute Gasteiger partial charge is 0.469 e. The van der Waals surface area contributed by atoms with Gasteiger partial charge in [0.15, 0.2) is 0 Å². The zero-order valence-electron chi connectivity index (χ0n) is 15.6. The second-order valence-corrected chi connectivity index (χ2v) is 9.87. The molecule has 0 radical (unpaired) electrons. The van der Waals surface area contributed by atoms with E-state index in [1.54, 1.807) is 13.0 Å². The number of methoxy groups -OCH3 is 1. The van der Waals surface area contributed by atoms with Crippen molar-refractivity contribution in [3.63, 3.8) is 0 Å². The van der Waals surface area contributed by atoms with Crippen molar-refractivity contribution in [2.45, 2.75) is 30.7 Å². The summed E-state index contributed by atoms with van der Waals surface area (Å²) in [5.74, 6) is -0.491. The number of rotatable bonds is 8. The van der Waals surface area contributed by atoms with Gasteiger partial charge < -0.3 is 4.74 Å². The first kappa shape index (κ1) is 23.9. The van der Waals surface area contributed by atoms with Gasteiger partial charge in [-0.15, -0.1) is 0 Å². The number of hydrogen-bond donors (Lipinski definition) is 0. The van der Waals surface area contributed by atoms with E-state index in [0.29, 0.717) is 14.9 Å². The molecule has 0 saturated carbocycles. The molecule has 0 aromatic heterocycles. The van der Waals surface area contributed by atoms with Crippen molar-refractivity contribution in [1.82, 2.24) is 0 Å². The topological polar surface area (TPSA) is 63.7 Å². The van der Waals surface area contributed by atoms with Gasteiger partial charge in [-0.05, 0) is 49.4 Å². The highest BCUT2D eigenvalue weighted by Crippen LogP contribution is 2.35. The number of halogens is 3. The summed E-state index contributed by atoms with van der Waals surface area (Å²) in [6.07, 6.45) is 0.0500. The number of carbonyl (C=O) groups is 1. The van der Waals surface area contributed by atoms with Crippen molar-refractivity contribution in [1.29, 1.82) is 0 Å². The molecule has 2 rings (SSSR count). The van der Waals surface area contributed by atoms with Crippen molar-refractivity contribution < 1.29 is 17.9 Å². The van der Waals surface area contributed by atoms with Gasteiger partial charge in [0.1, 0.15) is 0 Å². The van der Waals surface area contributed by atoms with E-state index in [9.17, 15) is 13.2 Å². The lowest BCUT2D eigenvalue weighted by Crippen LogP contribution is -2.40. The molecule has 0 fully saturated rings. The van der Waals surface area contributed by atoms with E-state index in [1.807, 2.05) is 0 Å². The molecule has 0 N–H and O–H groups in total. The zero-order valence-corrected chi connectivity index (χ0v) is 19.5. The number of carbonyl (C=O) groups excluding carboxylic acids is 1. The highest BCUT2D eigenvalue weighted by Gasteiger charge is 2.32. The van der Waals surface area contributed by atoms with Gasteiger partial charge in [0, 0.05) is 27.4 Å². The summed E-state index contributed by atoms with van der Waals surface area (Å²) in [5.41, 5.74) is 0.211. The van der Waals surface area contributed by atoms with Crippen LogP contribution in [0.2, 0.25) is 15.1 Å². The highest BCUT2D eigenvalue weighted by molar-refractivity contribution is 7.92. The van der Waals surface area contributed by atoms with Crippen LogP contribution in [0.4, 0.5) is 5.69 Å². The molecule has 29 heavy (non-hydrogen) atoms. The quantitative estimate of drug-likeness (QED) is 0.355.